The van der Waals surface area contributed by atoms with Gasteiger partial charge < -0.3 is 4.90 Å². The lowest BCUT2D eigenvalue weighted by Crippen LogP contribution is -2.27. The number of anilines is 1. The average Bonchev–Trinajstić information content (AvgIpc) is 3.19. The molecule has 0 fully saturated rings. The number of halogens is 2. The van der Waals surface area contributed by atoms with Crippen LogP contribution in [0.1, 0.15) is 13.8 Å². The van der Waals surface area contributed by atoms with E-state index in [1.54, 1.807) is 0 Å². The van der Waals surface area contributed by atoms with Gasteiger partial charge in [0.15, 0.2) is 10.5 Å². The standard InChI is InChI=1S/C19H16Cl2N6S.C2H6/c20-9-11-27(12-10-21)14-7-5-13(6-8-14)25-26-19-24-17-18(28-19)23-16-4-2-1-3-15(16)22-17;1-2/h1-8H,9-12H2;1-2H3. The number of hydrogen-bond donors (Lipinski definition) is 0. The molecule has 0 N–H and O–H groups in total. The van der Waals surface area contributed by atoms with Gasteiger partial charge in [-0.15, -0.1) is 33.4 Å². The molecule has 4 aromatic rings. The van der Waals surface area contributed by atoms with Crippen LogP contribution in [0.2, 0.25) is 0 Å². The van der Waals surface area contributed by atoms with Crippen molar-refractivity contribution in [3.05, 3.63) is 48.5 Å². The second kappa shape index (κ2) is 11.2. The summed E-state index contributed by atoms with van der Waals surface area (Å²) in [7, 11) is 0. The third-order valence-electron chi connectivity index (χ3n) is 4.09. The summed E-state index contributed by atoms with van der Waals surface area (Å²) in [6.07, 6.45) is 0. The Labute approximate surface area is 189 Å². The highest BCUT2D eigenvalue weighted by Gasteiger charge is 2.08. The number of nitrogens with zero attached hydrogens (tertiary/aromatic N) is 6. The summed E-state index contributed by atoms with van der Waals surface area (Å²) in [5.74, 6) is 1.10. The molecule has 2 aromatic heterocycles. The van der Waals surface area contributed by atoms with E-state index < -0.39 is 0 Å². The maximum absolute atomic E-state index is 5.86. The van der Waals surface area contributed by atoms with E-state index in [0.29, 0.717) is 22.5 Å². The minimum atomic E-state index is 0.528. The molecule has 0 amide bonds. The molecule has 0 bridgehead atoms. The first kappa shape index (κ1) is 22.3. The fourth-order valence-corrected chi connectivity index (χ4v) is 3.88. The van der Waals surface area contributed by atoms with Gasteiger partial charge in [0, 0.05) is 30.5 Å². The number of alkyl halides is 2. The summed E-state index contributed by atoms with van der Waals surface area (Å²) in [5.41, 5.74) is 4.05. The van der Waals surface area contributed by atoms with Crippen molar-refractivity contribution in [3.8, 4) is 0 Å². The molecule has 6 nitrogen and oxygen atoms in total. The molecule has 0 aliphatic carbocycles. The Morgan fingerprint density at radius 2 is 1.47 bits per heavy atom. The molecule has 2 heterocycles. The molecule has 30 heavy (non-hydrogen) atoms. The van der Waals surface area contributed by atoms with Crippen molar-refractivity contribution in [1.82, 2.24) is 15.0 Å². The zero-order chi connectivity index (χ0) is 21.3. The molecule has 156 valence electrons. The van der Waals surface area contributed by atoms with Gasteiger partial charge in [0.25, 0.3) is 0 Å². The predicted molar refractivity (Wildman–Crippen MR) is 128 cm³/mol. The first-order chi connectivity index (χ1) is 14.8. The van der Waals surface area contributed by atoms with Crippen molar-refractivity contribution < 1.29 is 0 Å². The molecule has 0 radical (unpaired) electrons. The molecule has 9 heteroatoms. The lowest BCUT2D eigenvalue weighted by molar-refractivity contribution is 0.874. The number of aromatic nitrogens is 3. The Balaban J connectivity index is 0.00000124. The van der Waals surface area contributed by atoms with E-state index in [1.165, 1.54) is 11.3 Å². The van der Waals surface area contributed by atoms with Crippen molar-refractivity contribution in [3.63, 3.8) is 0 Å². The summed E-state index contributed by atoms with van der Waals surface area (Å²) >= 11 is 13.1. The summed E-state index contributed by atoms with van der Waals surface area (Å²) in [6.45, 7) is 5.49. The van der Waals surface area contributed by atoms with Crippen LogP contribution in [0.4, 0.5) is 16.5 Å². The molecule has 0 saturated heterocycles. The van der Waals surface area contributed by atoms with Crippen molar-refractivity contribution in [2.24, 2.45) is 10.2 Å². The van der Waals surface area contributed by atoms with Crippen LogP contribution in [0.25, 0.3) is 21.5 Å². The molecular formula is C21H22Cl2N6S. The van der Waals surface area contributed by atoms with Crippen LogP contribution in [0, 0.1) is 0 Å². The van der Waals surface area contributed by atoms with E-state index in [0.717, 1.165) is 40.3 Å². The van der Waals surface area contributed by atoms with Gasteiger partial charge in [0.05, 0.1) is 16.7 Å². The minimum absolute atomic E-state index is 0.528. The maximum atomic E-state index is 5.86. The van der Waals surface area contributed by atoms with Crippen molar-refractivity contribution in [1.29, 1.82) is 0 Å². The van der Waals surface area contributed by atoms with Crippen LogP contribution in [-0.2, 0) is 0 Å². The molecule has 0 aliphatic rings. The lowest BCUT2D eigenvalue weighted by Gasteiger charge is -2.22. The predicted octanol–water partition coefficient (Wildman–Crippen LogP) is 6.97. The smallest absolute Gasteiger partial charge is 0.234 e. The Kier molecular flexibility index (Phi) is 8.30. The molecular weight excluding hydrogens is 439 g/mol. The Bertz CT molecular complexity index is 1060. The number of benzene rings is 2. The van der Waals surface area contributed by atoms with Gasteiger partial charge in [-0.3, -0.25) is 0 Å². The number of fused-ring (bicyclic) bond motifs is 2. The zero-order valence-electron chi connectivity index (χ0n) is 16.8. The number of para-hydroxylation sites is 2. The summed E-state index contributed by atoms with van der Waals surface area (Å²) in [4.78, 5) is 16.4. The van der Waals surface area contributed by atoms with Crippen LogP contribution in [0.15, 0.2) is 58.8 Å². The Hall–Kier alpha value is -2.35. The van der Waals surface area contributed by atoms with Crippen LogP contribution in [0.5, 0.6) is 0 Å². The van der Waals surface area contributed by atoms with E-state index in [2.05, 4.69) is 30.1 Å². The van der Waals surface area contributed by atoms with Crippen LogP contribution in [0.3, 0.4) is 0 Å². The van der Waals surface area contributed by atoms with E-state index >= 15 is 0 Å². The molecule has 0 saturated carbocycles. The van der Waals surface area contributed by atoms with E-state index in [4.69, 9.17) is 23.2 Å². The van der Waals surface area contributed by atoms with Gasteiger partial charge in [-0.05, 0) is 36.4 Å². The average molecular weight is 461 g/mol. The van der Waals surface area contributed by atoms with E-state index in [-0.39, 0.29) is 0 Å². The third-order valence-corrected chi connectivity index (χ3v) is 5.25. The molecule has 0 unspecified atom stereocenters. The van der Waals surface area contributed by atoms with E-state index in [9.17, 15) is 0 Å². The molecule has 0 aliphatic heterocycles. The summed E-state index contributed by atoms with van der Waals surface area (Å²) in [6, 6.07) is 15.5. The molecule has 4 rings (SSSR count). The minimum Gasteiger partial charge on any atom is -0.369 e. The molecule has 2 aromatic carbocycles. The van der Waals surface area contributed by atoms with Gasteiger partial charge in [-0.1, -0.05) is 37.3 Å². The normalized spacial score (nSPS) is 11.1. The Morgan fingerprint density at radius 1 is 0.833 bits per heavy atom. The summed E-state index contributed by atoms with van der Waals surface area (Å²) in [5, 5.41) is 9.06. The quantitative estimate of drug-likeness (QED) is 0.220. The second-order valence-electron chi connectivity index (χ2n) is 5.92. The number of hydrogen-bond acceptors (Lipinski definition) is 7. The van der Waals surface area contributed by atoms with Crippen LogP contribution in [-0.4, -0.2) is 39.8 Å². The van der Waals surface area contributed by atoms with Crippen molar-refractivity contribution in [2.45, 2.75) is 13.8 Å². The first-order valence-electron chi connectivity index (χ1n) is 9.69. The topological polar surface area (TPSA) is 66.6 Å². The monoisotopic (exact) mass is 460 g/mol. The molecule has 0 atom stereocenters. The largest absolute Gasteiger partial charge is 0.369 e. The van der Waals surface area contributed by atoms with Gasteiger partial charge in [-0.2, -0.15) is 4.98 Å². The highest BCUT2D eigenvalue weighted by Crippen LogP contribution is 2.29. The fourth-order valence-electron chi connectivity index (χ4n) is 2.76. The van der Waals surface area contributed by atoms with Gasteiger partial charge >= 0.3 is 0 Å². The number of thiazole rings is 1. The first-order valence-corrected chi connectivity index (χ1v) is 11.6. The molecule has 0 spiro atoms. The van der Waals surface area contributed by atoms with Gasteiger partial charge in [-0.25, -0.2) is 9.97 Å². The highest BCUT2D eigenvalue weighted by molar-refractivity contribution is 7.21. The van der Waals surface area contributed by atoms with Crippen LogP contribution >= 0.6 is 34.5 Å². The van der Waals surface area contributed by atoms with Crippen LogP contribution < -0.4 is 4.90 Å². The lowest BCUT2D eigenvalue weighted by atomic mass is 10.2. The second-order valence-corrected chi connectivity index (χ2v) is 7.63. The Morgan fingerprint density at radius 3 is 2.10 bits per heavy atom. The van der Waals surface area contributed by atoms with E-state index in [1.807, 2.05) is 62.4 Å². The highest BCUT2D eigenvalue weighted by atomic mass is 35.5. The number of rotatable bonds is 7. The van der Waals surface area contributed by atoms with Crippen molar-refractivity contribution in [2.75, 3.05) is 29.7 Å². The van der Waals surface area contributed by atoms with Gasteiger partial charge in [0.2, 0.25) is 5.13 Å². The number of azo groups is 1. The third kappa shape index (κ3) is 5.41. The summed E-state index contributed by atoms with van der Waals surface area (Å²) < 4.78 is 0. The van der Waals surface area contributed by atoms with Gasteiger partial charge in [0.1, 0.15) is 0 Å². The van der Waals surface area contributed by atoms with Crippen molar-refractivity contribution >= 4 is 72.6 Å². The fraction of sp³-hybridized carbons (Fsp3) is 0.286. The zero-order valence-corrected chi connectivity index (χ0v) is 19.1. The SMILES string of the molecule is CC.ClCCN(CCCl)c1ccc(N=Nc2nc3nc4ccccc4nc3s2)cc1. The maximum Gasteiger partial charge on any atom is 0.234 e.